The van der Waals surface area contributed by atoms with Gasteiger partial charge in [0.1, 0.15) is 6.10 Å². The Labute approximate surface area is 171 Å². The second-order valence-electron chi connectivity index (χ2n) is 9.49. The van der Waals surface area contributed by atoms with E-state index in [1.807, 2.05) is 0 Å². The minimum absolute atomic E-state index is 0.00195. The van der Waals surface area contributed by atoms with Crippen molar-refractivity contribution in [3.05, 3.63) is 76.9 Å². The normalized spacial score (nSPS) is 18.8. The van der Waals surface area contributed by atoms with E-state index in [9.17, 15) is 0 Å². The summed E-state index contributed by atoms with van der Waals surface area (Å²) in [5.41, 5.74) is 5.96. The van der Waals surface area contributed by atoms with Crippen LogP contribution in [0.1, 0.15) is 88.7 Å². The van der Waals surface area contributed by atoms with Gasteiger partial charge in [-0.05, 0) is 52.3 Å². The number of hydrogen-bond acceptors (Lipinski definition) is 1. The number of benzene rings is 2. The average Bonchev–Trinajstić information content (AvgIpc) is 2.69. The van der Waals surface area contributed by atoms with Gasteiger partial charge in [-0.25, -0.2) is 0 Å². The van der Waals surface area contributed by atoms with Crippen LogP contribution in [0.15, 0.2) is 54.6 Å². The maximum Gasteiger partial charge on any atom is 0.101 e. The van der Waals surface area contributed by atoms with Crippen molar-refractivity contribution in [2.45, 2.75) is 77.2 Å². The number of ether oxygens (including phenoxy) is 1. The van der Waals surface area contributed by atoms with Crippen LogP contribution in [0.2, 0.25) is 0 Å². The van der Waals surface area contributed by atoms with Gasteiger partial charge in [0.2, 0.25) is 0 Å². The summed E-state index contributed by atoms with van der Waals surface area (Å²) in [4.78, 5) is 0. The fourth-order valence-electron chi connectivity index (χ4n) is 4.16. The number of rotatable bonds is 7. The van der Waals surface area contributed by atoms with Gasteiger partial charge < -0.3 is 4.74 Å². The van der Waals surface area contributed by atoms with Gasteiger partial charge in [0.25, 0.3) is 0 Å². The van der Waals surface area contributed by atoms with Crippen molar-refractivity contribution in [2.75, 3.05) is 6.61 Å². The van der Waals surface area contributed by atoms with Crippen molar-refractivity contribution in [1.29, 1.82) is 0 Å². The van der Waals surface area contributed by atoms with Gasteiger partial charge in [-0.1, -0.05) is 102 Å². The van der Waals surface area contributed by atoms with Gasteiger partial charge in [0.15, 0.2) is 0 Å². The van der Waals surface area contributed by atoms with Crippen LogP contribution in [0, 0.1) is 0 Å². The molecule has 28 heavy (non-hydrogen) atoms. The Hall–Kier alpha value is -1.86. The van der Waals surface area contributed by atoms with Crippen molar-refractivity contribution in [1.82, 2.24) is 0 Å². The predicted molar refractivity (Wildman–Crippen MR) is 121 cm³/mol. The molecule has 0 radical (unpaired) electrons. The van der Waals surface area contributed by atoms with Crippen LogP contribution in [0.25, 0.3) is 6.08 Å². The molecule has 1 aliphatic rings. The van der Waals surface area contributed by atoms with E-state index < -0.39 is 0 Å². The molecule has 2 aromatic carbocycles. The van der Waals surface area contributed by atoms with Crippen LogP contribution in [-0.4, -0.2) is 6.61 Å². The predicted octanol–water partition coefficient (Wildman–Crippen LogP) is 7.61. The van der Waals surface area contributed by atoms with E-state index >= 15 is 0 Å². The quantitative estimate of drug-likeness (QED) is 0.452. The SMILES string of the molecule is CCCCOC(C=Cc1ccccc1)c1ccc2c(c1)C(C)(C)CCC2(C)C. The second kappa shape index (κ2) is 8.66. The summed E-state index contributed by atoms with van der Waals surface area (Å²) in [6, 6.07) is 17.6. The van der Waals surface area contributed by atoms with Gasteiger partial charge in [-0.2, -0.15) is 0 Å². The van der Waals surface area contributed by atoms with Crippen molar-refractivity contribution in [3.63, 3.8) is 0 Å². The zero-order chi connectivity index (χ0) is 20.2. The number of fused-ring (bicyclic) bond motifs is 1. The van der Waals surface area contributed by atoms with E-state index in [1.54, 1.807) is 0 Å². The molecule has 0 spiro atoms. The highest BCUT2D eigenvalue weighted by atomic mass is 16.5. The van der Waals surface area contributed by atoms with Crippen molar-refractivity contribution in [2.24, 2.45) is 0 Å². The lowest BCUT2D eigenvalue weighted by atomic mass is 9.63. The minimum Gasteiger partial charge on any atom is -0.369 e. The molecule has 0 heterocycles. The highest BCUT2D eigenvalue weighted by Gasteiger charge is 2.37. The molecule has 0 fully saturated rings. The maximum absolute atomic E-state index is 6.31. The Kier molecular flexibility index (Phi) is 6.45. The van der Waals surface area contributed by atoms with Crippen LogP contribution in [0.5, 0.6) is 0 Å². The molecule has 1 unspecified atom stereocenters. The summed E-state index contributed by atoms with van der Waals surface area (Å²) in [5, 5.41) is 0. The molecule has 1 atom stereocenters. The van der Waals surface area contributed by atoms with E-state index in [2.05, 4.69) is 95.3 Å². The van der Waals surface area contributed by atoms with Crippen LogP contribution in [0.3, 0.4) is 0 Å². The second-order valence-corrected chi connectivity index (χ2v) is 9.49. The monoisotopic (exact) mass is 376 g/mol. The van der Waals surface area contributed by atoms with Gasteiger partial charge in [-0.3, -0.25) is 0 Å². The fraction of sp³-hybridized carbons (Fsp3) is 0.481. The third-order valence-corrected chi connectivity index (χ3v) is 6.26. The van der Waals surface area contributed by atoms with Gasteiger partial charge in [0.05, 0.1) is 0 Å². The Balaban J connectivity index is 1.94. The van der Waals surface area contributed by atoms with Crippen LogP contribution < -0.4 is 0 Å². The molecule has 0 saturated carbocycles. The molecule has 1 heteroatoms. The minimum atomic E-state index is -0.00195. The third kappa shape index (κ3) is 4.75. The van der Waals surface area contributed by atoms with E-state index in [4.69, 9.17) is 4.74 Å². The van der Waals surface area contributed by atoms with Crippen molar-refractivity contribution < 1.29 is 4.74 Å². The Bertz CT molecular complexity index is 798. The van der Waals surface area contributed by atoms with Gasteiger partial charge in [0, 0.05) is 6.61 Å². The zero-order valence-corrected chi connectivity index (χ0v) is 18.3. The molecule has 1 nitrogen and oxygen atoms in total. The largest absolute Gasteiger partial charge is 0.369 e. The van der Waals surface area contributed by atoms with E-state index in [-0.39, 0.29) is 16.9 Å². The molecule has 0 saturated heterocycles. The highest BCUT2D eigenvalue weighted by molar-refractivity contribution is 5.51. The zero-order valence-electron chi connectivity index (χ0n) is 18.3. The lowest BCUT2D eigenvalue weighted by molar-refractivity contribution is 0.0833. The maximum atomic E-state index is 6.31. The molecule has 150 valence electrons. The van der Waals surface area contributed by atoms with Crippen LogP contribution in [-0.2, 0) is 15.6 Å². The first-order valence-electron chi connectivity index (χ1n) is 10.8. The first-order valence-corrected chi connectivity index (χ1v) is 10.8. The summed E-state index contributed by atoms with van der Waals surface area (Å²) >= 11 is 0. The summed E-state index contributed by atoms with van der Waals surface area (Å²) in [7, 11) is 0. The Morgan fingerprint density at radius 3 is 2.29 bits per heavy atom. The summed E-state index contributed by atoms with van der Waals surface area (Å²) in [5.74, 6) is 0. The van der Waals surface area contributed by atoms with E-state index in [0.29, 0.717) is 0 Å². The molecule has 0 N–H and O–H groups in total. The first kappa shape index (κ1) is 20.9. The number of hydrogen-bond donors (Lipinski definition) is 0. The van der Waals surface area contributed by atoms with Crippen molar-refractivity contribution >= 4 is 6.08 Å². The van der Waals surface area contributed by atoms with E-state index in [1.165, 1.54) is 35.1 Å². The topological polar surface area (TPSA) is 9.23 Å². The Morgan fingerprint density at radius 2 is 1.61 bits per heavy atom. The average molecular weight is 377 g/mol. The van der Waals surface area contributed by atoms with Crippen LogP contribution in [0.4, 0.5) is 0 Å². The van der Waals surface area contributed by atoms with Gasteiger partial charge >= 0.3 is 0 Å². The Morgan fingerprint density at radius 1 is 0.929 bits per heavy atom. The molecule has 2 aromatic rings. The molecule has 1 aliphatic carbocycles. The lowest BCUT2D eigenvalue weighted by Gasteiger charge is -2.42. The molecule has 3 rings (SSSR count). The smallest absolute Gasteiger partial charge is 0.101 e. The molecule has 0 bridgehead atoms. The highest BCUT2D eigenvalue weighted by Crippen LogP contribution is 2.46. The fourth-order valence-corrected chi connectivity index (χ4v) is 4.16. The van der Waals surface area contributed by atoms with E-state index in [0.717, 1.165) is 19.4 Å². The lowest BCUT2D eigenvalue weighted by Crippen LogP contribution is -2.34. The molecular formula is C27H36O. The molecule has 0 aromatic heterocycles. The summed E-state index contributed by atoms with van der Waals surface area (Å²) in [6.07, 6.45) is 9.13. The molecule has 0 aliphatic heterocycles. The number of unbranched alkanes of at least 4 members (excludes halogenated alkanes) is 1. The summed E-state index contributed by atoms with van der Waals surface area (Å²) < 4.78 is 6.31. The standard InChI is InChI=1S/C27H36O/c1-6-7-19-28-25(16-13-21-11-9-8-10-12-21)22-14-15-23-24(20-22)27(4,5)18-17-26(23,2)3/h8-16,20,25H,6-7,17-19H2,1-5H3. The first-order chi connectivity index (χ1) is 13.3. The molecule has 0 amide bonds. The van der Waals surface area contributed by atoms with Gasteiger partial charge in [-0.15, -0.1) is 0 Å². The molecular weight excluding hydrogens is 340 g/mol. The van der Waals surface area contributed by atoms with Crippen LogP contribution >= 0.6 is 0 Å². The summed E-state index contributed by atoms with van der Waals surface area (Å²) in [6.45, 7) is 12.5. The van der Waals surface area contributed by atoms with Crippen molar-refractivity contribution in [3.8, 4) is 0 Å². The third-order valence-electron chi connectivity index (χ3n) is 6.26.